The second-order valence-electron chi connectivity index (χ2n) is 8.42. The predicted molar refractivity (Wildman–Crippen MR) is 111 cm³/mol. The summed E-state index contributed by atoms with van der Waals surface area (Å²) in [6.07, 6.45) is -0.161. The van der Waals surface area contributed by atoms with Crippen LogP contribution in [0.5, 0.6) is 0 Å². The molecule has 28 heavy (non-hydrogen) atoms. The largest absolute Gasteiger partial charge is 0.388 e. The van der Waals surface area contributed by atoms with Crippen molar-refractivity contribution in [1.29, 1.82) is 0 Å². The lowest BCUT2D eigenvalue weighted by molar-refractivity contribution is -0.106. The van der Waals surface area contributed by atoms with Crippen LogP contribution in [0, 0.1) is 0 Å². The number of nitrogens with one attached hydrogen (secondary N) is 2. The Morgan fingerprint density at radius 3 is 2.57 bits per heavy atom. The molecule has 1 aliphatic rings. The Hall–Kier alpha value is -1.67. The fourth-order valence-electron chi connectivity index (χ4n) is 2.95. The molecular weight excluding hydrogens is 358 g/mol. The van der Waals surface area contributed by atoms with Gasteiger partial charge in [-0.3, -0.25) is 4.90 Å². The average molecular weight is 394 g/mol. The topological polar surface area (TPSA) is 83.1 Å². The molecule has 3 N–H and O–H groups in total. The summed E-state index contributed by atoms with van der Waals surface area (Å²) in [4.78, 5) is 14.1. The summed E-state index contributed by atoms with van der Waals surface area (Å²) in [6.45, 7) is 10.5. The van der Waals surface area contributed by atoms with Crippen molar-refractivity contribution in [3.05, 3.63) is 29.8 Å². The van der Waals surface area contributed by atoms with E-state index in [-0.39, 0.29) is 23.8 Å². The number of nitrogens with zero attached hydrogens (tertiary/aromatic N) is 1. The van der Waals surface area contributed by atoms with Gasteiger partial charge in [0.25, 0.3) is 0 Å². The fraction of sp³-hybridized carbons (Fsp3) is 0.667. The lowest BCUT2D eigenvalue weighted by Crippen LogP contribution is -2.40. The van der Waals surface area contributed by atoms with Crippen molar-refractivity contribution >= 4 is 11.7 Å². The molecule has 0 spiro atoms. The summed E-state index contributed by atoms with van der Waals surface area (Å²) in [7, 11) is 1.96. The summed E-state index contributed by atoms with van der Waals surface area (Å²) in [6, 6.07) is 7.72. The van der Waals surface area contributed by atoms with Gasteiger partial charge in [0.05, 0.1) is 13.2 Å². The van der Waals surface area contributed by atoms with Crippen molar-refractivity contribution in [3.63, 3.8) is 0 Å². The highest BCUT2D eigenvalue weighted by Crippen LogP contribution is 2.23. The molecule has 1 fully saturated rings. The Bertz CT molecular complexity index is 615. The average Bonchev–Trinajstić information content (AvgIpc) is 3.03. The standard InChI is InChI=1S/C21H35N3O4/c1-15(28-19-14-27-13-18(19)25)24(5)12-6-11-22-20(26)23-17-9-7-16(8-10-17)21(2,3)4/h7-10,15,18-19,25H,6,11-14H2,1-5H3,(H2,22,23,26). The Kier molecular flexibility index (Phi) is 8.24. The van der Waals surface area contributed by atoms with Crippen LogP contribution in [0.1, 0.15) is 39.7 Å². The van der Waals surface area contributed by atoms with Crippen LogP contribution in [-0.2, 0) is 14.9 Å². The van der Waals surface area contributed by atoms with E-state index >= 15 is 0 Å². The highest BCUT2D eigenvalue weighted by Gasteiger charge is 2.29. The van der Waals surface area contributed by atoms with Crippen LogP contribution in [0.2, 0.25) is 0 Å². The van der Waals surface area contributed by atoms with E-state index in [4.69, 9.17) is 9.47 Å². The van der Waals surface area contributed by atoms with E-state index in [0.717, 1.165) is 18.7 Å². The zero-order chi connectivity index (χ0) is 20.7. The highest BCUT2D eigenvalue weighted by molar-refractivity contribution is 5.89. The first-order chi connectivity index (χ1) is 13.2. The lowest BCUT2D eigenvalue weighted by atomic mass is 9.87. The fourth-order valence-corrected chi connectivity index (χ4v) is 2.95. The molecule has 3 unspecified atom stereocenters. The number of benzene rings is 1. The number of amides is 2. The van der Waals surface area contributed by atoms with Gasteiger partial charge < -0.3 is 25.2 Å². The maximum atomic E-state index is 12.0. The Labute approximate surface area is 168 Å². The molecular formula is C21H35N3O4. The van der Waals surface area contributed by atoms with Gasteiger partial charge in [-0.15, -0.1) is 0 Å². The lowest BCUT2D eigenvalue weighted by Gasteiger charge is -2.28. The van der Waals surface area contributed by atoms with E-state index in [9.17, 15) is 9.90 Å². The summed E-state index contributed by atoms with van der Waals surface area (Å²) < 4.78 is 11.0. The normalized spacial score (nSPS) is 21.0. The number of anilines is 1. The van der Waals surface area contributed by atoms with Crippen molar-refractivity contribution in [2.75, 3.05) is 38.7 Å². The van der Waals surface area contributed by atoms with Crippen molar-refractivity contribution in [1.82, 2.24) is 10.2 Å². The van der Waals surface area contributed by atoms with E-state index in [1.54, 1.807) is 0 Å². The van der Waals surface area contributed by atoms with Crippen molar-refractivity contribution in [3.8, 4) is 0 Å². The smallest absolute Gasteiger partial charge is 0.319 e. The van der Waals surface area contributed by atoms with Gasteiger partial charge in [-0.2, -0.15) is 0 Å². The number of urea groups is 1. The third kappa shape index (κ3) is 7.05. The van der Waals surface area contributed by atoms with E-state index < -0.39 is 6.10 Å². The molecule has 0 aromatic heterocycles. The van der Waals surface area contributed by atoms with Gasteiger partial charge in [0.2, 0.25) is 0 Å². The monoisotopic (exact) mass is 393 g/mol. The summed E-state index contributed by atoms with van der Waals surface area (Å²) in [5, 5.41) is 15.5. The van der Waals surface area contributed by atoms with Gasteiger partial charge in [-0.25, -0.2) is 4.79 Å². The van der Waals surface area contributed by atoms with Gasteiger partial charge in [-0.05, 0) is 43.5 Å². The summed E-state index contributed by atoms with van der Waals surface area (Å²) in [5.41, 5.74) is 2.10. The van der Waals surface area contributed by atoms with Crippen molar-refractivity contribution < 1.29 is 19.4 Å². The number of hydrogen-bond acceptors (Lipinski definition) is 5. The number of rotatable bonds is 8. The molecule has 2 rings (SSSR count). The van der Waals surface area contributed by atoms with Crippen LogP contribution in [-0.4, -0.2) is 67.8 Å². The van der Waals surface area contributed by atoms with Gasteiger partial charge >= 0.3 is 6.03 Å². The zero-order valence-electron chi connectivity index (χ0n) is 17.7. The third-order valence-corrected chi connectivity index (χ3v) is 4.97. The van der Waals surface area contributed by atoms with Gasteiger partial charge in [0.1, 0.15) is 18.4 Å². The second-order valence-corrected chi connectivity index (χ2v) is 8.42. The quantitative estimate of drug-likeness (QED) is 0.467. The molecule has 1 heterocycles. The molecule has 0 saturated carbocycles. The molecule has 0 bridgehead atoms. The van der Waals surface area contributed by atoms with Crippen LogP contribution < -0.4 is 10.6 Å². The molecule has 0 aliphatic carbocycles. The number of hydrogen-bond donors (Lipinski definition) is 3. The van der Waals surface area contributed by atoms with Crippen molar-refractivity contribution in [2.24, 2.45) is 0 Å². The maximum Gasteiger partial charge on any atom is 0.319 e. The summed E-state index contributed by atoms with van der Waals surface area (Å²) in [5.74, 6) is 0. The first-order valence-corrected chi connectivity index (χ1v) is 9.93. The number of carbonyl (C=O) groups is 1. The molecule has 7 heteroatoms. The SMILES string of the molecule is CC(OC1COCC1O)N(C)CCCNC(=O)Nc1ccc(C(C)(C)C)cc1. The molecule has 158 valence electrons. The Balaban J connectivity index is 1.63. The first-order valence-electron chi connectivity index (χ1n) is 9.93. The minimum atomic E-state index is -0.557. The number of carbonyl (C=O) groups excluding carboxylic acids is 1. The van der Waals surface area contributed by atoms with Crippen LogP contribution in [0.15, 0.2) is 24.3 Å². The van der Waals surface area contributed by atoms with E-state index in [1.165, 1.54) is 5.56 Å². The van der Waals surface area contributed by atoms with Gasteiger partial charge in [0, 0.05) is 18.8 Å². The molecule has 1 aliphatic heterocycles. The van der Waals surface area contributed by atoms with E-state index in [2.05, 4.69) is 36.3 Å². The van der Waals surface area contributed by atoms with Crippen LogP contribution in [0.4, 0.5) is 10.5 Å². The molecule has 7 nitrogen and oxygen atoms in total. The summed E-state index contributed by atoms with van der Waals surface area (Å²) >= 11 is 0. The Morgan fingerprint density at radius 2 is 2.00 bits per heavy atom. The predicted octanol–water partition coefficient (Wildman–Crippen LogP) is 2.55. The van der Waals surface area contributed by atoms with Crippen LogP contribution >= 0.6 is 0 Å². The van der Waals surface area contributed by atoms with Gasteiger partial charge in [0.15, 0.2) is 0 Å². The molecule has 0 radical (unpaired) electrons. The highest BCUT2D eigenvalue weighted by atomic mass is 16.6. The molecule has 2 amide bonds. The molecule has 3 atom stereocenters. The van der Waals surface area contributed by atoms with Crippen molar-refractivity contribution in [2.45, 2.75) is 58.0 Å². The minimum Gasteiger partial charge on any atom is -0.388 e. The van der Waals surface area contributed by atoms with E-state index in [0.29, 0.717) is 19.8 Å². The maximum absolute atomic E-state index is 12.0. The molecule has 1 aromatic carbocycles. The van der Waals surface area contributed by atoms with Gasteiger partial charge in [-0.1, -0.05) is 32.9 Å². The molecule has 1 saturated heterocycles. The first kappa shape index (κ1) is 22.6. The van der Waals surface area contributed by atoms with Crippen LogP contribution in [0.3, 0.4) is 0 Å². The number of aliphatic hydroxyl groups excluding tert-OH is 1. The van der Waals surface area contributed by atoms with E-state index in [1.807, 2.05) is 38.2 Å². The third-order valence-electron chi connectivity index (χ3n) is 4.97. The number of ether oxygens (including phenoxy) is 2. The Morgan fingerprint density at radius 1 is 1.32 bits per heavy atom. The number of aliphatic hydroxyl groups is 1. The van der Waals surface area contributed by atoms with Crippen LogP contribution in [0.25, 0.3) is 0 Å². The zero-order valence-corrected chi connectivity index (χ0v) is 17.7. The minimum absolute atomic E-state index is 0.0938. The second kappa shape index (κ2) is 10.2. The molecule has 1 aromatic rings.